The number of hydrogen-bond donors (Lipinski definition) is 3. The summed E-state index contributed by atoms with van der Waals surface area (Å²) in [5.41, 5.74) is 0.991. The first-order chi connectivity index (χ1) is 9.34. The van der Waals surface area contributed by atoms with E-state index in [2.05, 4.69) is 15.7 Å². The van der Waals surface area contributed by atoms with E-state index >= 15 is 0 Å². The number of phenols is 1. The number of amides is 2. The molecule has 0 atom stereocenters. The molecular weight excluding hydrogens is 256 g/mol. The molecule has 0 unspecified atom stereocenters. The first-order valence-electron chi connectivity index (χ1n) is 6.27. The van der Waals surface area contributed by atoms with Crippen LogP contribution in [-0.4, -0.2) is 20.9 Å². The third kappa shape index (κ3) is 3.50. The molecule has 2 rings (SSSR count). The Morgan fingerprint density at radius 3 is 2.55 bits per heavy atom. The summed E-state index contributed by atoms with van der Waals surface area (Å²) in [6.45, 7) is 6.07. The van der Waals surface area contributed by atoms with E-state index in [0.29, 0.717) is 11.4 Å². The Balaban J connectivity index is 2.00. The van der Waals surface area contributed by atoms with Crippen molar-refractivity contribution in [3.05, 3.63) is 36.7 Å². The molecule has 6 heteroatoms. The van der Waals surface area contributed by atoms with E-state index < -0.39 is 0 Å². The van der Waals surface area contributed by atoms with Crippen LogP contribution in [0.15, 0.2) is 36.7 Å². The lowest BCUT2D eigenvalue weighted by atomic mass is 10.1. The maximum absolute atomic E-state index is 11.8. The van der Waals surface area contributed by atoms with Gasteiger partial charge >= 0.3 is 6.03 Å². The smallest absolute Gasteiger partial charge is 0.323 e. The minimum Gasteiger partial charge on any atom is -0.508 e. The lowest BCUT2D eigenvalue weighted by Crippen LogP contribution is -2.22. The number of hydrogen-bond acceptors (Lipinski definition) is 3. The number of carbonyl (C=O) groups is 1. The Morgan fingerprint density at radius 2 is 1.95 bits per heavy atom. The highest BCUT2D eigenvalue weighted by atomic mass is 16.3. The molecule has 20 heavy (non-hydrogen) atoms. The molecule has 1 aromatic carbocycles. The molecular formula is C14H18N4O2. The molecule has 1 aromatic heterocycles. The van der Waals surface area contributed by atoms with Gasteiger partial charge in [0.1, 0.15) is 5.75 Å². The molecule has 0 aliphatic heterocycles. The highest BCUT2D eigenvalue weighted by Gasteiger charge is 2.14. The van der Waals surface area contributed by atoms with E-state index in [1.807, 2.05) is 20.8 Å². The van der Waals surface area contributed by atoms with Crippen LogP contribution in [0.4, 0.5) is 16.2 Å². The summed E-state index contributed by atoms with van der Waals surface area (Å²) >= 11 is 0. The number of phenolic OH excluding ortho intramolecular Hbond substituents is 1. The van der Waals surface area contributed by atoms with Gasteiger partial charge < -0.3 is 15.7 Å². The number of rotatable bonds is 2. The number of aromatic nitrogens is 2. The summed E-state index contributed by atoms with van der Waals surface area (Å²) < 4.78 is 1.77. The quantitative estimate of drug-likeness (QED) is 0.787. The van der Waals surface area contributed by atoms with Crippen molar-refractivity contribution in [2.75, 3.05) is 10.6 Å². The SMILES string of the molecule is CC(C)(C)n1cc(NC(=O)Nc2cccc(O)c2)cn1. The van der Waals surface area contributed by atoms with Gasteiger partial charge in [-0.15, -0.1) is 0 Å². The number of carbonyl (C=O) groups excluding carboxylic acids is 1. The van der Waals surface area contributed by atoms with Gasteiger partial charge in [-0.05, 0) is 32.9 Å². The lowest BCUT2D eigenvalue weighted by Gasteiger charge is -2.18. The van der Waals surface area contributed by atoms with Crippen LogP contribution in [0.5, 0.6) is 5.75 Å². The molecule has 0 aliphatic rings. The van der Waals surface area contributed by atoms with Crippen molar-refractivity contribution < 1.29 is 9.90 Å². The van der Waals surface area contributed by atoms with E-state index in [9.17, 15) is 9.90 Å². The number of nitrogens with zero attached hydrogens (tertiary/aromatic N) is 2. The van der Waals surface area contributed by atoms with E-state index in [1.54, 1.807) is 29.2 Å². The Hall–Kier alpha value is -2.50. The fraction of sp³-hybridized carbons (Fsp3) is 0.286. The van der Waals surface area contributed by atoms with Crippen LogP contribution >= 0.6 is 0 Å². The van der Waals surface area contributed by atoms with Gasteiger partial charge in [-0.25, -0.2) is 4.79 Å². The predicted octanol–water partition coefficient (Wildman–Crippen LogP) is 2.99. The molecule has 0 saturated carbocycles. The molecule has 1 heterocycles. The number of anilines is 2. The fourth-order valence-corrected chi connectivity index (χ4v) is 1.63. The average molecular weight is 274 g/mol. The number of benzene rings is 1. The van der Waals surface area contributed by atoms with E-state index in [-0.39, 0.29) is 17.3 Å². The summed E-state index contributed by atoms with van der Waals surface area (Å²) in [7, 11) is 0. The molecule has 0 aliphatic carbocycles. The molecule has 3 N–H and O–H groups in total. The van der Waals surface area contributed by atoms with Gasteiger partial charge in [-0.3, -0.25) is 4.68 Å². The van der Waals surface area contributed by atoms with Crippen molar-refractivity contribution in [3.63, 3.8) is 0 Å². The van der Waals surface area contributed by atoms with Crippen LogP contribution in [0, 0.1) is 0 Å². The van der Waals surface area contributed by atoms with Crippen molar-refractivity contribution in [3.8, 4) is 5.75 Å². The first kappa shape index (κ1) is 13.9. The van der Waals surface area contributed by atoms with E-state index in [1.165, 1.54) is 12.1 Å². The van der Waals surface area contributed by atoms with Gasteiger partial charge in [0, 0.05) is 18.0 Å². The molecule has 0 radical (unpaired) electrons. The average Bonchev–Trinajstić information content (AvgIpc) is 2.76. The van der Waals surface area contributed by atoms with Crippen LogP contribution in [-0.2, 0) is 5.54 Å². The van der Waals surface area contributed by atoms with Crippen molar-refractivity contribution in [1.29, 1.82) is 0 Å². The first-order valence-corrected chi connectivity index (χ1v) is 6.27. The zero-order valence-electron chi connectivity index (χ0n) is 11.7. The van der Waals surface area contributed by atoms with Crippen LogP contribution < -0.4 is 10.6 Å². The fourth-order valence-electron chi connectivity index (χ4n) is 1.63. The Labute approximate surface area is 117 Å². The Kier molecular flexibility index (Phi) is 3.65. The predicted molar refractivity (Wildman–Crippen MR) is 78.0 cm³/mol. The van der Waals surface area contributed by atoms with Crippen LogP contribution in [0.25, 0.3) is 0 Å². The zero-order valence-corrected chi connectivity index (χ0v) is 11.7. The maximum atomic E-state index is 11.8. The van der Waals surface area contributed by atoms with Crippen molar-refractivity contribution in [2.24, 2.45) is 0 Å². The molecule has 6 nitrogen and oxygen atoms in total. The summed E-state index contributed by atoms with van der Waals surface area (Å²) in [4.78, 5) is 11.8. The Morgan fingerprint density at radius 1 is 1.25 bits per heavy atom. The van der Waals surface area contributed by atoms with Gasteiger partial charge in [-0.2, -0.15) is 5.10 Å². The van der Waals surface area contributed by atoms with Gasteiger partial charge in [0.15, 0.2) is 0 Å². The molecule has 0 fully saturated rings. The third-order valence-corrected chi connectivity index (χ3v) is 2.63. The number of nitrogens with one attached hydrogen (secondary N) is 2. The van der Waals surface area contributed by atoms with Crippen molar-refractivity contribution in [1.82, 2.24) is 9.78 Å². The Bertz CT molecular complexity index is 614. The number of urea groups is 1. The van der Waals surface area contributed by atoms with E-state index in [0.717, 1.165) is 0 Å². The second-order valence-electron chi connectivity index (χ2n) is 5.47. The van der Waals surface area contributed by atoms with Crippen LogP contribution in [0.3, 0.4) is 0 Å². The molecule has 0 saturated heterocycles. The summed E-state index contributed by atoms with van der Waals surface area (Å²) in [6.07, 6.45) is 3.36. The summed E-state index contributed by atoms with van der Waals surface area (Å²) in [5, 5.41) is 18.8. The van der Waals surface area contributed by atoms with Crippen molar-refractivity contribution in [2.45, 2.75) is 26.3 Å². The van der Waals surface area contributed by atoms with E-state index in [4.69, 9.17) is 0 Å². The summed E-state index contributed by atoms with van der Waals surface area (Å²) in [6, 6.07) is 5.97. The van der Waals surface area contributed by atoms with Gasteiger partial charge in [0.25, 0.3) is 0 Å². The standard InChI is InChI=1S/C14H18N4O2/c1-14(2,3)18-9-11(8-15-18)17-13(20)16-10-5-4-6-12(19)7-10/h4-9,19H,1-3H3,(H2,16,17,20). The lowest BCUT2D eigenvalue weighted by molar-refractivity contribution is 0.262. The third-order valence-electron chi connectivity index (χ3n) is 2.63. The summed E-state index contributed by atoms with van der Waals surface area (Å²) in [5.74, 6) is 0.100. The monoisotopic (exact) mass is 274 g/mol. The second-order valence-corrected chi connectivity index (χ2v) is 5.47. The van der Waals surface area contributed by atoms with Gasteiger partial charge in [-0.1, -0.05) is 6.07 Å². The van der Waals surface area contributed by atoms with Gasteiger partial charge in [0.2, 0.25) is 0 Å². The maximum Gasteiger partial charge on any atom is 0.323 e. The minimum atomic E-state index is -0.385. The molecule has 0 bridgehead atoms. The zero-order chi connectivity index (χ0) is 14.8. The van der Waals surface area contributed by atoms with Crippen molar-refractivity contribution >= 4 is 17.4 Å². The topological polar surface area (TPSA) is 79.2 Å². The highest BCUT2D eigenvalue weighted by Crippen LogP contribution is 2.17. The van der Waals surface area contributed by atoms with Gasteiger partial charge in [0.05, 0.1) is 17.4 Å². The minimum absolute atomic E-state index is 0.100. The van der Waals surface area contributed by atoms with Crippen LogP contribution in [0.2, 0.25) is 0 Å². The normalized spacial score (nSPS) is 11.2. The van der Waals surface area contributed by atoms with Crippen LogP contribution in [0.1, 0.15) is 20.8 Å². The second kappa shape index (κ2) is 5.24. The highest BCUT2D eigenvalue weighted by molar-refractivity contribution is 5.99. The molecule has 2 amide bonds. The molecule has 106 valence electrons. The largest absolute Gasteiger partial charge is 0.508 e. The molecule has 2 aromatic rings. The number of aromatic hydroxyl groups is 1. The molecule has 0 spiro atoms.